The molecule has 1 aliphatic heterocycles. The van der Waals surface area contributed by atoms with Crippen molar-refractivity contribution >= 4 is 56.0 Å². The second-order valence-corrected chi connectivity index (χ2v) is 16.0. The van der Waals surface area contributed by atoms with Gasteiger partial charge in [-0.2, -0.15) is 0 Å². The number of fused-ring (bicyclic) bond motifs is 3. The molecule has 9 rings (SSSR count). The molecule has 0 fully saturated rings. The minimum atomic E-state index is -0.749. The Balaban J connectivity index is 1.22. The van der Waals surface area contributed by atoms with Gasteiger partial charge in [0.05, 0.1) is 33.9 Å². The monoisotopic (exact) mass is 772 g/mol. The van der Waals surface area contributed by atoms with E-state index in [4.69, 9.17) is 29.4 Å². The molecule has 9 heteroatoms. The fourth-order valence-corrected chi connectivity index (χ4v) is 7.80. The zero-order valence-electron chi connectivity index (χ0n) is 33.9. The minimum absolute atomic E-state index is 0.0116. The number of allylic oxidation sites excluding steroid dienone is 8. The summed E-state index contributed by atoms with van der Waals surface area (Å²) in [7, 11) is 0. The molecule has 0 bridgehead atoms. The maximum absolute atomic E-state index is 9.77. The number of benzene rings is 5. The summed E-state index contributed by atoms with van der Waals surface area (Å²) in [5.41, 5.74) is 8.98. The number of aliphatic imine (C=N–C) groups is 2. The van der Waals surface area contributed by atoms with Gasteiger partial charge >= 0.3 is 0 Å². The number of nitrogens with one attached hydrogen (secondary N) is 2. The summed E-state index contributed by atoms with van der Waals surface area (Å²) in [4.78, 5) is 27.1. The Hall–Kier alpha value is -7.13. The maximum atomic E-state index is 9.77. The lowest BCUT2D eigenvalue weighted by Crippen LogP contribution is -2.42. The van der Waals surface area contributed by atoms with Crippen molar-refractivity contribution in [3.8, 4) is 22.6 Å². The third kappa shape index (κ3) is 6.99. The third-order valence-corrected chi connectivity index (χ3v) is 10.4. The molecule has 3 aliphatic rings. The van der Waals surface area contributed by atoms with Crippen molar-refractivity contribution in [2.24, 2.45) is 20.0 Å². The summed E-state index contributed by atoms with van der Waals surface area (Å²) in [5.74, 6) is 0.565. The Morgan fingerprint density at radius 1 is 0.661 bits per heavy atom. The van der Waals surface area contributed by atoms with Crippen LogP contribution in [0.15, 0.2) is 169 Å². The van der Waals surface area contributed by atoms with Crippen LogP contribution in [0.25, 0.3) is 50.0 Å². The summed E-state index contributed by atoms with van der Waals surface area (Å²) in [5, 5.41) is 23.0. The molecule has 0 radical (unpaired) electrons. The Labute approximate surface area is 343 Å². The number of hydrogen-bond donors (Lipinski definition) is 2. The van der Waals surface area contributed by atoms with Crippen LogP contribution in [-0.4, -0.2) is 45.6 Å². The average Bonchev–Trinajstić information content (AvgIpc) is 3.80. The number of nitrogens with zero attached hydrogens (tertiary/aromatic N) is 6. The standard InChI is InChI=1S/C50H44N8O/c1-29(2)53-39-15-11-16-40(45(39)52)58(41-26-24-36(44(51)47(41)54-30(3)4)35-23-18-31-12-7-8-13-34(31)28-35)42-27-25-37(46-48(42)57-50(5,6)56-46)32-19-21-33(22-20-32)49-55-38-14-9-10-17-43(38)59-49/h7-30,51-52H,1-6H3. The van der Waals surface area contributed by atoms with Gasteiger partial charge in [0.15, 0.2) is 5.58 Å². The Morgan fingerprint density at radius 2 is 1.36 bits per heavy atom. The molecule has 2 N–H and O–H groups in total. The van der Waals surface area contributed by atoms with E-state index < -0.39 is 5.66 Å². The van der Waals surface area contributed by atoms with Crippen LogP contribution in [0.3, 0.4) is 0 Å². The van der Waals surface area contributed by atoms with E-state index in [0.717, 1.165) is 60.7 Å². The molecule has 0 atom stereocenters. The third-order valence-electron chi connectivity index (χ3n) is 10.4. The molecule has 0 amide bonds. The highest BCUT2D eigenvalue weighted by Crippen LogP contribution is 2.34. The highest BCUT2D eigenvalue weighted by molar-refractivity contribution is 6.63. The van der Waals surface area contributed by atoms with Gasteiger partial charge in [-0.1, -0.05) is 66.7 Å². The molecule has 0 unspecified atom stereocenters. The molecule has 0 spiro atoms. The lowest BCUT2D eigenvalue weighted by molar-refractivity contribution is 0.549. The molecular formula is C50H44N8O. The van der Waals surface area contributed by atoms with Crippen LogP contribution in [0.2, 0.25) is 0 Å². The molecule has 59 heavy (non-hydrogen) atoms. The molecule has 1 aromatic heterocycles. The predicted molar refractivity (Wildman–Crippen MR) is 242 cm³/mol. The van der Waals surface area contributed by atoms with E-state index in [-0.39, 0.29) is 17.8 Å². The first kappa shape index (κ1) is 37.4. The van der Waals surface area contributed by atoms with Crippen molar-refractivity contribution in [1.82, 2.24) is 4.98 Å². The molecule has 2 aliphatic carbocycles. The molecule has 9 nitrogen and oxygen atoms in total. The molecular weight excluding hydrogens is 729 g/mol. The first-order valence-corrected chi connectivity index (χ1v) is 20.0. The van der Waals surface area contributed by atoms with Crippen molar-refractivity contribution in [1.29, 1.82) is 10.8 Å². The number of oxazole rings is 1. The van der Waals surface area contributed by atoms with Gasteiger partial charge in [0.1, 0.15) is 28.0 Å². The Kier molecular flexibility index (Phi) is 9.31. The average molecular weight is 773 g/mol. The topological polar surface area (TPSA) is 126 Å². The SMILES string of the molecule is CC(C)N=C1C=CC=C(N(C2=CC=C(c3ccc4ccccc4c3)C(=N)C2=NC(C)C)c2ccc(-c3ccc(-c4nc5ccccc5o4)cc3)c3c2=NC(C)(C)N=3)C1=N. The van der Waals surface area contributed by atoms with Crippen molar-refractivity contribution in [3.05, 3.63) is 161 Å². The first-order chi connectivity index (χ1) is 28.4. The van der Waals surface area contributed by atoms with Crippen LogP contribution in [0.4, 0.5) is 5.69 Å². The molecule has 5 aromatic carbocycles. The summed E-state index contributed by atoms with van der Waals surface area (Å²) in [6.45, 7) is 12.1. The highest BCUT2D eigenvalue weighted by atomic mass is 16.3. The van der Waals surface area contributed by atoms with E-state index in [9.17, 15) is 10.8 Å². The van der Waals surface area contributed by atoms with E-state index in [1.807, 2.05) is 125 Å². The molecule has 0 saturated carbocycles. The van der Waals surface area contributed by atoms with E-state index in [1.54, 1.807) is 0 Å². The fraction of sp³-hybridized carbons (Fsp3) is 0.180. The maximum Gasteiger partial charge on any atom is 0.227 e. The van der Waals surface area contributed by atoms with Gasteiger partial charge in [-0.05, 0) is 130 Å². The van der Waals surface area contributed by atoms with E-state index >= 15 is 0 Å². The van der Waals surface area contributed by atoms with Gasteiger partial charge in [-0.15, -0.1) is 0 Å². The van der Waals surface area contributed by atoms with Crippen molar-refractivity contribution < 1.29 is 4.42 Å². The van der Waals surface area contributed by atoms with Crippen LogP contribution < -0.4 is 15.6 Å². The number of hydrogen-bond acceptors (Lipinski definition) is 9. The van der Waals surface area contributed by atoms with E-state index in [0.29, 0.717) is 39.8 Å². The molecule has 2 heterocycles. The normalized spacial score (nSPS) is 17.4. The minimum Gasteiger partial charge on any atom is -0.436 e. The van der Waals surface area contributed by atoms with Crippen LogP contribution in [0, 0.1) is 10.8 Å². The van der Waals surface area contributed by atoms with Gasteiger partial charge in [0.2, 0.25) is 5.89 Å². The van der Waals surface area contributed by atoms with Crippen LogP contribution >= 0.6 is 0 Å². The Morgan fingerprint density at radius 3 is 2.12 bits per heavy atom. The quantitative estimate of drug-likeness (QED) is 0.150. The van der Waals surface area contributed by atoms with Crippen molar-refractivity contribution in [2.45, 2.75) is 59.3 Å². The second-order valence-electron chi connectivity index (χ2n) is 16.0. The van der Waals surface area contributed by atoms with Gasteiger partial charge in [-0.3, -0.25) is 30.8 Å². The van der Waals surface area contributed by atoms with Crippen LogP contribution in [-0.2, 0) is 0 Å². The summed E-state index contributed by atoms with van der Waals surface area (Å²) < 4.78 is 6.06. The molecule has 6 aromatic rings. The van der Waals surface area contributed by atoms with E-state index in [2.05, 4.69) is 54.6 Å². The summed E-state index contributed by atoms with van der Waals surface area (Å²) in [6.07, 6.45) is 9.77. The number of anilines is 1. The number of para-hydroxylation sites is 2. The van der Waals surface area contributed by atoms with E-state index in [1.165, 1.54) is 0 Å². The zero-order valence-corrected chi connectivity index (χ0v) is 33.9. The molecule has 0 saturated heterocycles. The Bertz CT molecular complexity index is 3030. The number of rotatable bonds is 8. The van der Waals surface area contributed by atoms with Crippen molar-refractivity contribution in [3.63, 3.8) is 0 Å². The smallest absolute Gasteiger partial charge is 0.227 e. The fourth-order valence-electron chi connectivity index (χ4n) is 7.80. The van der Waals surface area contributed by atoms with Crippen LogP contribution in [0.1, 0.15) is 47.1 Å². The predicted octanol–water partition coefficient (Wildman–Crippen LogP) is 10.3. The zero-order chi connectivity index (χ0) is 41.0. The summed E-state index contributed by atoms with van der Waals surface area (Å²) >= 11 is 0. The van der Waals surface area contributed by atoms with Gasteiger partial charge in [0, 0.05) is 28.8 Å². The van der Waals surface area contributed by atoms with Crippen LogP contribution in [0.5, 0.6) is 0 Å². The second kappa shape index (κ2) is 14.7. The molecule has 290 valence electrons. The van der Waals surface area contributed by atoms with Crippen molar-refractivity contribution in [2.75, 3.05) is 4.90 Å². The number of aromatic nitrogens is 1. The largest absolute Gasteiger partial charge is 0.436 e. The van der Waals surface area contributed by atoms with Gasteiger partial charge in [0.25, 0.3) is 0 Å². The lowest BCUT2D eigenvalue weighted by Gasteiger charge is -2.34. The lowest BCUT2D eigenvalue weighted by atomic mass is 9.89. The first-order valence-electron chi connectivity index (χ1n) is 20.0. The van der Waals surface area contributed by atoms with Gasteiger partial charge in [-0.25, -0.2) is 4.98 Å². The van der Waals surface area contributed by atoms with Gasteiger partial charge < -0.3 is 9.32 Å². The summed E-state index contributed by atoms with van der Waals surface area (Å²) in [6, 6.07) is 34.5. The highest BCUT2D eigenvalue weighted by Gasteiger charge is 2.34.